The molecule has 0 saturated heterocycles. The van der Waals surface area contributed by atoms with Crippen LogP contribution in [0, 0.1) is 5.82 Å². The van der Waals surface area contributed by atoms with Crippen molar-refractivity contribution in [1.82, 2.24) is 20.2 Å². The summed E-state index contributed by atoms with van der Waals surface area (Å²) in [4.78, 5) is 16.8. The average molecular weight is 394 g/mol. The summed E-state index contributed by atoms with van der Waals surface area (Å²) in [7, 11) is 1.86. The highest BCUT2D eigenvalue weighted by Gasteiger charge is 2.20. The molecule has 0 saturated carbocycles. The molecule has 2 aromatic carbocycles. The van der Waals surface area contributed by atoms with E-state index in [1.54, 1.807) is 18.3 Å². The fourth-order valence-corrected chi connectivity index (χ4v) is 3.18. The van der Waals surface area contributed by atoms with Crippen molar-refractivity contribution in [1.29, 1.82) is 0 Å². The monoisotopic (exact) mass is 394 g/mol. The number of imidazole rings is 1. The number of nitrogens with one attached hydrogen (secondary N) is 2. The highest BCUT2D eigenvalue weighted by molar-refractivity contribution is 5.74. The molecule has 0 fully saturated rings. The number of aromatic nitrogens is 2. The van der Waals surface area contributed by atoms with Crippen LogP contribution >= 0.6 is 0 Å². The highest BCUT2D eigenvalue weighted by Crippen LogP contribution is 2.20. The molecule has 0 bridgehead atoms. The van der Waals surface area contributed by atoms with E-state index in [0.29, 0.717) is 18.3 Å². The Morgan fingerprint density at radius 1 is 1.07 bits per heavy atom. The Bertz CT molecular complexity index is 932. The number of carbonyl (C=O) groups is 1. The van der Waals surface area contributed by atoms with Crippen LogP contribution in [0.15, 0.2) is 60.9 Å². The number of aryl methyl sites for hydroxylation is 1. The third-order valence-electron chi connectivity index (χ3n) is 4.94. The molecule has 0 aliphatic heterocycles. The van der Waals surface area contributed by atoms with Crippen LogP contribution in [0.3, 0.4) is 0 Å². The normalized spacial score (nSPS) is 12.0. The Kier molecular flexibility index (Phi) is 6.65. The molecule has 6 heteroatoms. The molecule has 0 aliphatic rings. The van der Waals surface area contributed by atoms with Gasteiger partial charge in [-0.3, -0.25) is 0 Å². The smallest absolute Gasteiger partial charge is 0.315 e. The number of benzene rings is 2. The van der Waals surface area contributed by atoms with E-state index < -0.39 is 6.04 Å². The second-order valence-electron chi connectivity index (χ2n) is 7.43. The number of hydrogen-bond acceptors (Lipinski definition) is 2. The zero-order valence-corrected chi connectivity index (χ0v) is 17.0. The first kappa shape index (κ1) is 20.6. The van der Waals surface area contributed by atoms with Gasteiger partial charge in [0.25, 0.3) is 0 Å². The maximum atomic E-state index is 13.3. The zero-order valence-electron chi connectivity index (χ0n) is 17.0. The molecule has 0 spiro atoms. The van der Waals surface area contributed by atoms with Crippen LogP contribution in [0.2, 0.25) is 0 Å². The Balaban J connectivity index is 1.61. The van der Waals surface area contributed by atoms with Crippen molar-refractivity contribution in [3.05, 3.63) is 89.3 Å². The van der Waals surface area contributed by atoms with Crippen LogP contribution in [-0.2, 0) is 13.5 Å². The third kappa shape index (κ3) is 5.44. The van der Waals surface area contributed by atoms with Crippen LogP contribution in [0.5, 0.6) is 0 Å². The minimum absolute atomic E-state index is 0.291. The minimum Gasteiger partial charge on any atom is -0.338 e. The molecule has 29 heavy (non-hydrogen) atoms. The van der Waals surface area contributed by atoms with Gasteiger partial charge in [-0.05, 0) is 41.2 Å². The molecule has 3 rings (SSSR count). The lowest BCUT2D eigenvalue weighted by atomic mass is 10.0. The predicted octanol–water partition coefficient (Wildman–Crippen LogP) is 4.31. The van der Waals surface area contributed by atoms with Gasteiger partial charge in [0, 0.05) is 26.0 Å². The Morgan fingerprint density at radius 2 is 1.72 bits per heavy atom. The molecule has 0 aliphatic carbocycles. The summed E-state index contributed by atoms with van der Waals surface area (Å²) in [6.07, 6.45) is 4.23. The van der Waals surface area contributed by atoms with Crippen molar-refractivity contribution in [3.63, 3.8) is 0 Å². The molecule has 2 N–H and O–H groups in total. The minimum atomic E-state index is -0.471. The van der Waals surface area contributed by atoms with Gasteiger partial charge in [0.2, 0.25) is 0 Å². The molecule has 1 atom stereocenters. The fraction of sp³-hybridized carbons (Fsp3) is 0.304. The molecule has 5 nitrogen and oxygen atoms in total. The average Bonchev–Trinajstić information content (AvgIpc) is 3.13. The second-order valence-corrected chi connectivity index (χ2v) is 7.43. The maximum Gasteiger partial charge on any atom is 0.315 e. The van der Waals surface area contributed by atoms with E-state index >= 15 is 0 Å². The Hall–Kier alpha value is -3.15. The number of rotatable bonds is 7. The van der Waals surface area contributed by atoms with Gasteiger partial charge in [-0.15, -0.1) is 0 Å². The van der Waals surface area contributed by atoms with Gasteiger partial charge in [0.05, 0.1) is 0 Å². The predicted molar refractivity (Wildman–Crippen MR) is 112 cm³/mol. The quantitative estimate of drug-likeness (QED) is 0.627. The highest BCUT2D eigenvalue weighted by atomic mass is 19.1. The van der Waals surface area contributed by atoms with E-state index in [1.165, 1.54) is 23.3 Å². The third-order valence-corrected chi connectivity index (χ3v) is 4.94. The van der Waals surface area contributed by atoms with Crippen molar-refractivity contribution in [3.8, 4) is 0 Å². The van der Waals surface area contributed by atoms with Gasteiger partial charge in [-0.1, -0.05) is 50.2 Å². The lowest BCUT2D eigenvalue weighted by Gasteiger charge is -2.19. The van der Waals surface area contributed by atoms with E-state index in [1.807, 2.05) is 17.8 Å². The van der Waals surface area contributed by atoms with Crippen molar-refractivity contribution in [2.45, 2.75) is 32.2 Å². The van der Waals surface area contributed by atoms with Crippen LogP contribution < -0.4 is 10.6 Å². The summed E-state index contributed by atoms with van der Waals surface area (Å²) in [5.41, 5.74) is 3.24. The van der Waals surface area contributed by atoms with Crippen LogP contribution in [0.1, 0.15) is 48.3 Å². The van der Waals surface area contributed by atoms with E-state index in [2.05, 4.69) is 53.7 Å². The largest absolute Gasteiger partial charge is 0.338 e. The fourth-order valence-electron chi connectivity index (χ4n) is 3.18. The number of amides is 2. The van der Waals surface area contributed by atoms with Crippen molar-refractivity contribution < 1.29 is 9.18 Å². The van der Waals surface area contributed by atoms with Crippen molar-refractivity contribution >= 4 is 6.03 Å². The topological polar surface area (TPSA) is 59.0 Å². The molecule has 3 aromatic rings. The Morgan fingerprint density at radius 3 is 2.31 bits per heavy atom. The van der Waals surface area contributed by atoms with E-state index in [4.69, 9.17) is 0 Å². The van der Waals surface area contributed by atoms with Gasteiger partial charge < -0.3 is 15.2 Å². The van der Waals surface area contributed by atoms with Crippen LogP contribution in [0.25, 0.3) is 0 Å². The molecule has 1 unspecified atom stereocenters. The maximum absolute atomic E-state index is 13.3. The summed E-state index contributed by atoms with van der Waals surface area (Å²) in [6.45, 7) is 4.85. The van der Waals surface area contributed by atoms with Gasteiger partial charge in [0.15, 0.2) is 0 Å². The van der Waals surface area contributed by atoms with Crippen LogP contribution in [-0.4, -0.2) is 22.1 Å². The van der Waals surface area contributed by atoms with E-state index in [9.17, 15) is 9.18 Å². The summed E-state index contributed by atoms with van der Waals surface area (Å²) in [5, 5.41) is 5.85. The van der Waals surface area contributed by atoms with E-state index in [0.717, 1.165) is 12.0 Å². The SMILES string of the molecule is CC(C)c1ccc(CCNC(=O)NC(c2ccc(F)cc2)c2nccn2C)cc1. The summed E-state index contributed by atoms with van der Waals surface area (Å²) in [6, 6.07) is 13.8. The first-order chi connectivity index (χ1) is 13.9. The molecule has 2 amide bonds. The van der Waals surface area contributed by atoms with Crippen molar-refractivity contribution in [2.75, 3.05) is 6.54 Å². The standard InChI is InChI=1S/C23H27FN4O/c1-16(2)18-6-4-17(5-7-18)12-13-26-23(29)27-21(22-25-14-15-28(22)3)19-8-10-20(24)11-9-19/h4-11,14-16,21H,12-13H2,1-3H3,(H2,26,27,29). The molecule has 0 radical (unpaired) electrons. The molecule has 1 heterocycles. The van der Waals surface area contributed by atoms with Crippen LogP contribution in [0.4, 0.5) is 9.18 Å². The molecular weight excluding hydrogens is 367 g/mol. The molecular formula is C23H27FN4O. The second kappa shape index (κ2) is 9.37. The number of urea groups is 1. The molecule has 152 valence electrons. The lowest BCUT2D eigenvalue weighted by molar-refractivity contribution is 0.238. The lowest BCUT2D eigenvalue weighted by Crippen LogP contribution is -2.40. The zero-order chi connectivity index (χ0) is 20.8. The van der Waals surface area contributed by atoms with E-state index in [-0.39, 0.29) is 11.8 Å². The molecule has 1 aromatic heterocycles. The summed E-state index contributed by atoms with van der Waals surface area (Å²) >= 11 is 0. The first-order valence-corrected chi connectivity index (χ1v) is 9.80. The summed E-state index contributed by atoms with van der Waals surface area (Å²) < 4.78 is 15.1. The first-order valence-electron chi connectivity index (χ1n) is 9.80. The number of hydrogen-bond donors (Lipinski definition) is 2. The summed E-state index contributed by atoms with van der Waals surface area (Å²) in [5.74, 6) is 0.860. The Labute approximate surface area is 171 Å². The van der Waals surface area contributed by atoms with Gasteiger partial charge in [-0.25, -0.2) is 14.2 Å². The van der Waals surface area contributed by atoms with Gasteiger partial charge in [0.1, 0.15) is 17.7 Å². The van der Waals surface area contributed by atoms with Gasteiger partial charge >= 0.3 is 6.03 Å². The number of carbonyl (C=O) groups excluding carboxylic acids is 1. The van der Waals surface area contributed by atoms with Crippen molar-refractivity contribution in [2.24, 2.45) is 7.05 Å². The van der Waals surface area contributed by atoms with Gasteiger partial charge in [-0.2, -0.15) is 0 Å². The number of halogens is 1. The number of nitrogens with zero attached hydrogens (tertiary/aromatic N) is 2.